The number of rotatable bonds is 4. The molecule has 0 saturated heterocycles. The number of hydrogen-bond donors (Lipinski definition) is 1. The third-order valence-electron chi connectivity index (χ3n) is 3.12. The fraction of sp³-hybridized carbons (Fsp3) is 0.400. The van der Waals surface area contributed by atoms with Crippen LogP contribution in [0.5, 0.6) is 5.75 Å². The van der Waals surface area contributed by atoms with E-state index in [0.29, 0.717) is 24.5 Å². The number of amides is 1. The van der Waals surface area contributed by atoms with Crippen LogP contribution in [0.15, 0.2) is 30.9 Å². The van der Waals surface area contributed by atoms with Gasteiger partial charge in [-0.05, 0) is 26.0 Å². The van der Waals surface area contributed by atoms with E-state index in [-0.39, 0.29) is 11.9 Å². The molecular formula is C15H20N2O2. The number of ether oxygens (including phenoxy) is 1. The quantitative estimate of drug-likeness (QED) is 0.846. The van der Waals surface area contributed by atoms with Crippen LogP contribution in [0.2, 0.25) is 0 Å². The monoisotopic (exact) mass is 260 g/mol. The summed E-state index contributed by atoms with van der Waals surface area (Å²) < 4.78 is 5.65. The average Bonchev–Trinajstić information content (AvgIpc) is 2.43. The van der Waals surface area contributed by atoms with Crippen LogP contribution in [0.3, 0.4) is 0 Å². The molecule has 0 aromatic heterocycles. The Morgan fingerprint density at radius 1 is 1.58 bits per heavy atom. The number of nitrogens with zero attached hydrogens (tertiary/aromatic N) is 1. The third kappa shape index (κ3) is 2.72. The van der Waals surface area contributed by atoms with Crippen molar-refractivity contribution in [3.63, 3.8) is 0 Å². The molecule has 0 aliphatic carbocycles. The van der Waals surface area contributed by atoms with Gasteiger partial charge in [-0.25, -0.2) is 0 Å². The molecule has 0 atom stereocenters. The van der Waals surface area contributed by atoms with Crippen molar-refractivity contribution in [3.05, 3.63) is 36.4 Å². The Bertz CT molecular complexity index is 483. The van der Waals surface area contributed by atoms with E-state index in [1.54, 1.807) is 11.0 Å². The van der Waals surface area contributed by atoms with Crippen LogP contribution in [0.4, 0.5) is 5.69 Å². The minimum atomic E-state index is -0.0181. The van der Waals surface area contributed by atoms with Crippen LogP contribution in [0.25, 0.3) is 0 Å². The molecule has 0 bridgehead atoms. The van der Waals surface area contributed by atoms with Crippen LogP contribution in [-0.4, -0.2) is 36.5 Å². The molecule has 1 aliphatic heterocycles. The maximum atomic E-state index is 12.6. The zero-order valence-electron chi connectivity index (χ0n) is 11.5. The second-order valence-corrected chi connectivity index (χ2v) is 4.80. The lowest BCUT2D eigenvalue weighted by molar-refractivity contribution is 0.0724. The molecule has 1 amide bonds. The molecule has 19 heavy (non-hydrogen) atoms. The van der Waals surface area contributed by atoms with Gasteiger partial charge in [0, 0.05) is 19.1 Å². The summed E-state index contributed by atoms with van der Waals surface area (Å²) in [4.78, 5) is 14.4. The Labute approximate surface area is 114 Å². The molecule has 4 heteroatoms. The van der Waals surface area contributed by atoms with Gasteiger partial charge in [-0.3, -0.25) is 4.79 Å². The maximum absolute atomic E-state index is 12.6. The van der Waals surface area contributed by atoms with Gasteiger partial charge in [0.25, 0.3) is 5.91 Å². The van der Waals surface area contributed by atoms with E-state index in [1.807, 2.05) is 32.0 Å². The Kier molecular flexibility index (Phi) is 4.10. The maximum Gasteiger partial charge on any atom is 0.258 e. The third-order valence-corrected chi connectivity index (χ3v) is 3.12. The van der Waals surface area contributed by atoms with Gasteiger partial charge in [0.05, 0.1) is 11.3 Å². The predicted molar refractivity (Wildman–Crippen MR) is 76.8 cm³/mol. The van der Waals surface area contributed by atoms with Crippen molar-refractivity contribution in [2.45, 2.75) is 19.9 Å². The molecule has 1 aromatic rings. The van der Waals surface area contributed by atoms with Crippen molar-refractivity contribution < 1.29 is 9.53 Å². The first-order valence-corrected chi connectivity index (χ1v) is 6.56. The number of anilines is 1. The fourth-order valence-electron chi connectivity index (χ4n) is 2.16. The van der Waals surface area contributed by atoms with Gasteiger partial charge in [-0.1, -0.05) is 12.1 Å². The first-order chi connectivity index (χ1) is 9.15. The Morgan fingerprint density at radius 2 is 2.37 bits per heavy atom. The highest BCUT2D eigenvalue weighted by molar-refractivity contribution is 5.99. The smallest absolute Gasteiger partial charge is 0.258 e. The SMILES string of the molecule is C=CCN(C(=O)c1cccc2c1OCCN2)C(C)C. The van der Waals surface area contributed by atoms with Crippen LogP contribution in [0, 0.1) is 0 Å². The highest BCUT2D eigenvalue weighted by Crippen LogP contribution is 2.32. The lowest BCUT2D eigenvalue weighted by Crippen LogP contribution is -2.37. The largest absolute Gasteiger partial charge is 0.489 e. The van der Waals surface area contributed by atoms with Crippen LogP contribution in [0.1, 0.15) is 24.2 Å². The second kappa shape index (κ2) is 5.78. The number of fused-ring (bicyclic) bond motifs is 1. The second-order valence-electron chi connectivity index (χ2n) is 4.80. The zero-order chi connectivity index (χ0) is 13.8. The van der Waals surface area contributed by atoms with E-state index in [2.05, 4.69) is 11.9 Å². The molecular weight excluding hydrogens is 240 g/mol. The standard InChI is InChI=1S/C15H20N2O2/c1-4-9-17(11(2)3)15(18)12-6-5-7-13-14(12)19-10-8-16-13/h4-7,11,16H,1,8-10H2,2-3H3. The van der Waals surface area contributed by atoms with E-state index in [4.69, 9.17) is 4.74 Å². The summed E-state index contributed by atoms with van der Waals surface area (Å²) in [5.74, 6) is 0.643. The number of carbonyl (C=O) groups is 1. The van der Waals surface area contributed by atoms with Crippen molar-refractivity contribution in [2.75, 3.05) is 25.0 Å². The van der Waals surface area contributed by atoms with Gasteiger partial charge in [0.15, 0.2) is 5.75 Å². The van der Waals surface area contributed by atoms with E-state index < -0.39 is 0 Å². The first-order valence-electron chi connectivity index (χ1n) is 6.56. The predicted octanol–water partition coefficient (Wildman–Crippen LogP) is 2.53. The van der Waals surface area contributed by atoms with E-state index in [1.165, 1.54) is 0 Å². The van der Waals surface area contributed by atoms with Crippen molar-refractivity contribution in [2.24, 2.45) is 0 Å². The Morgan fingerprint density at radius 3 is 3.05 bits per heavy atom. The van der Waals surface area contributed by atoms with Crippen molar-refractivity contribution in [1.82, 2.24) is 4.90 Å². The van der Waals surface area contributed by atoms with Gasteiger partial charge >= 0.3 is 0 Å². The number of hydrogen-bond acceptors (Lipinski definition) is 3. The molecule has 4 nitrogen and oxygen atoms in total. The molecule has 0 radical (unpaired) electrons. The number of benzene rings is 1. The zero-order valence-corrected chi connectivity index (χ0v) is 11.5. The minimum Gasteiger partial charge on any atom is -0.489 e. The number of nitrogens with one attached hydrogen (secondary N) is 1. The first kappa shape index (κ1) is 13.5. The van der Waals surface area contributed by atoms with Crippen LogP contribution in [-0.2, 0) is 0 Å². The normalized spacial score (nSPS) is 13.2. The summed E-state index contributed by atoms with van der Waals surface area (Å²) in [5.41, 5.74) is 1.50. The van der Waals surface area contributed by atoms with E-state index in [9.17, 15) is 4.79 Å². The van der Waals surface area contributed by atoms with Gasteiger partial charge in [-0.15, -0.1) is 6.58 Å². The van der Waals surface area contributed by atoms with Gasteiger partial charge in [-0.2, -0.15) is 0 Å². The van der Waals surface area contributed by atoms with Crippen LogP contribution < -0.4 is 10.1 Å². The molecule has 1 aromatic carbocycles. The van der Waals surface area contributed by atoms with Crippen molar-refractivity contribution in [1.29, 1.82) is 0 Å². The Balaban J connectivity index is 2.35. The highest BCUT2D eigenvalue weighted by atomic mass is 16.5. The summed E-state index contributed by atoms with van der Waals surface area (Å²) in [6.45, 7) is 9.59. The molecule has 0 unspecified atom stereocenters. The number of carbonyl (C=O) groups excluding carboxylic acids is 1. The average molecular weight is 260 g/mol. The molecule has 0 fully saturated rings. The molecule has 1 aliphatic rings. The molecule has 0 saturated carbocycles. The summed E-state index contributed by atoms with van der Waals surface area (Å²) in [7, 11) is 0. The fourth-order valence-corrected chi connectivity index (χ4v) is 2.16. The summed E-state index contributed by atoms with van der Waals surface area (Å²) in [5, 5.41) is 3.24. The summed E-state index contributed by atoms with van der Waals surface area (Å²) in [6, 6.07) is 5.74. The molecule has 102 valence electrons. The Hall–Kier alpha value is -1.97. The lowest BCUT2D eigenvalue weighted by atomic mass is 10.1. The minimum absolute atomic E-state index is 0.0181. The van der Waals surface area contributed by atoms with Gasteiger partial charge in [0.2, 0.25) is 0 Å². The van der Waals surface area contributed by atoms with Crippen molar-refractivity contribution >= 4 is 11.6 Å². The van der Waals surface area contributed by atoms with E-state index in [0.717, 1.165) is 12.2 Å². The lowest BCUT2D eigenvalue weighted by Gasteiger charge is -2.28. The van der Waals surface area contributed by atoms with Gasteiger partial charge < -0.3 is 15.0 Å². The molecule has 2 rings (SSSR count). The summed E-state index contributed by atoms with van der Waals surface area (Å²) in [6.07, 6.45) is 1.74. The van der Waals surface area contributed by atoms with E-state index >= 15 is 0 Å². The van der Waals surface area contributed by atoms with Gasteiger partial charge in [0.1, 0.15) is 6.61 Å². The molecule has 1 heterocycles. The summed E-state index contributed by atoms with van der Waals surface area (Å²) >= 11 is 0. The molecule has 0 spiro atoms. The molecule has 1 N–H and O–H groups in total. The van der Waals surface area contributed by atoms with Crippen LogP contribution >= 0.6 is 0 Å². The topological polar surface area (TPSA) is 41.6 Å². The highest BCUT2D eigenvalue weighted by Gasteiger charge is 2.24. The number of para-hydroxylation sites is 1. The van der Waals surface area contributed by atoms with Crippen molar-refractivity contribution in [3.8, 4) is 5.75 Å².